The van der Waals surface area contributed by atoms with E-state index < -0.39 is 6.72 Å². The molecule has 1 amide bonds. The van der Waals surface area contributed by atoms with Crippen LogP contribution in [0.1, 0.15) is 96.8 Å². The molecule has 3 N–H and O–H groups in total. The van der Waals surface area contributed by atoms with Gasteiger partial charge in [-0.2, -0.15) is 0 Å². The molecular formula is C20H40NO4PS. The summed E-state index contributed by atoms with van der Waals surface area (Å²) in [6, 6.07) is 0. The summed E-state index contributed by atoms with van der Waals surface area (Å²) in [5.41, 5.74) is 0. The lowest BCUT2D eigenvalue weighted by Crippen LogP contribution is -2.26. The molecule has 0 aliphatic heterocycles. The molecule has 0 heterocycles. The van der Waals surface area contributed by atoms with Crippen molar-refractivity contribution in [3.05, 3.63) is 12.2 Å². The van der Waals surface area contributed by atoms with E-state index in [4.69, 9.17) is 9.79 Å². The molecule has 0 aromatic heterocycles. The summed E-state index contributed by atoms with van der Waals surface area (Å²) in [5.74, 6) is -0.0274. The Balaban J connectivity index is 3.27. The SMILES string of the molecule is CCCCCCCC/C=C\CCCCCCCC(=O)NCCOP(O)(O)=S. The Labute approximate surface area is 171 Å². The van der Waals surface area contributed by atoms with E-state index in [2.05, 4.69) is 40.7 Å². The Kier molecular flexibility index (Phi) is 18.9. The minimum absolute atomic E-state index is 0.0274. The Morgan fingerprint density at radius 2 is 1.44 bits per heavy atom. The average Bonchev–Trinajstić information content (AvgIpc) is 2.61. The van der Waals surface area contributed by atoms with Crippen molar-refractivity contribution in [1.29, 1.82) is 0 Å². The molecule has 0 bridgehead atoms. The van der Waals surface area contributed by atoms with Crippen LogP contribution in [0.2, 0.25) is 0 Å². The predicted octanol–water partition coefficient (Wildman–Crippen LogP) is 5.37. The topological polar surface area (TPSA) is 78.8 Å². The lowest BCUT2D eigenvalue weighted by molar-refractivity contribution is -0.121. The molecule has 27 heavy (non-hydrogen) atoms. The van der Waals surface area contributed by atoms with E-state index in [-0.39, 0.29) is 19.1 Å². The Morgan fingerprint density at radius 1 is 0.926 bits per heavy atom. The summed E-state index contributed by atoms with van der Waals surface area (Å²) >= 11 is 4.32. The van der Waals surface area contributed by atoms with Crippen molar-refractivity contribution < 1.29 is 19.1 Å². The maximum Gasteiger partial charge on any atom is 0.321 e. The van der Waals surface area contributed by atoms with Crippen molar-refractivity contribution in [2.75, 3.05) is 13.2 Å². The van der Waals surface area contributed by atoms with Crippen molar-refractivity contribution in [2.24, 2.45) is 0 Å². The van der Waals surface area contributed by atoms with E-state index in [1.165, 1.54) is 70.6 Å². The van der Waals surface area contributed by atoms with E-state index in [0.717, 1.165) is 12.8 Å². The standard InChI is InChI=1S/C20H40NO4PS/c1-2-3-4-5-6-7-8-9-10-11-12-13-14-15-16-17-20(22)21-18-19-25-26(23,24)27/h9-10H,2-8,11-19H2,1H3,(H,21,22)(H2,23,24,27)/b10-9-. The number of carbonyl (C=O) groups excluding carboxylic acids is 1. The third-order valence-corrected chi connectivity index (χ3v) is 5.18. The Morgan fingerprint density at radius 3 is 2.00 bits per heavy atom. The molecule has 0 saturated heterocycles. The second-order valence-corrected chi connectivity index (χ2v) is 9.67. The molecule has 0 aliphatic rings. The molecule has 0 saturated carbocycles. The summed E-state index contributed by atoms with van der Waals surface area (Å²) in [6.45, 7) is -1.07. The summed E-state index contributed by atoms with van der Waals surface area (Å²) in [4.78, 5) is 29.3. The quantitative estimate of drug-likeness (QED) is 0.149. The van der Waals surface area contributed by atoms with Gasteiger partial charge in [0.15, 0.2) is 0 Å². The highest BCUT2D eigenvalue weighted by atomic mass is 32.5. The van der Waals surface area contributed by atoms with Gasteiger partial charge >= 0.3 is 6.72 Å². The zero-order valence-electron chi connectivity index (χ0n) is 17.0. The van der Waals surface area contributed by atoms with Crippen LogP contribution in [0.15, 0.2) is 12.2 Å². The number of carbonyl (C=O) groups is 1. The van der Waals surface area contributed by atoms with E-state index in [9.17, 15) is 4.79 Å². The Bertz CT molecular complexity index is 426. The van der Waals surface area contributed by atoms with E-state index in [1.54, 1.807) is 0 Å². The van der Waals surface area contributed by atoms with Crippen LogP contribution in [0.5, 0.6) is 0 Å². The first kappa shape index (κ1) is 26.7. The summed E-state index contributed by atoms with van der Waals surface area (Å²) in [6.07, 6.45) is 21.3. The predicted molar refractivity (Wildman–Crippen MR) is 117 cm³/mol. The van der Waals surface area contributed by atoms with Gasteiger partial charge in [0.2, 0.25) is 5.91 Å². The van der Waals surface area contributed by atoms with Crippen LogP contribution in [0.4, 0.5) is 0 Å². The van der Waals surface area contributed by atoms with E-state index >= 15 is 0 Å². The van der Waals surface area contributed by atoms with Crippen molar-refractivity contribution in [2.45, 2.75) is 96.8 Å². The summed E-state index contributed by atoms with van der Waals surface area (Å²) in [5, 5.41) is 2.68. The fraction of sp³-hybridized carbons (Fsp3) is 0.850. The zero-order valence-corrected chi connectivity index (χ0v) is 18.7. The third kappa shape index (κ3) is 23.7. The first-order chi connectivity index (χ1) is 13.0. The molecule has 0 radical (unpaired) electrons. The van der Waals surface area contributed by atoms with Crippen LogP contribution < -0.4 is 5.32 Å². The van der Waals surface area contributed by atoms with E-state index in [1.807, 2.05) is 0 Å². The minimum Gasteiger partial charge on any atom is -0.354 e. The number of allylic oxidation sites excluding steroid dienone is 2. The van der Waals surface area contributed by atoms with Crippen LogP contribution in [0.3, 0.4) is 0 Å². The number of nitrogens with one attached hydrogen (secondary N) is 1. The van der Waals surface area contributed by atoms with Gasteiger partial charge in [0.1, 0.15) is 0 Å². The number of hydrogen-bond donors (Lipinski definition) is 3. The lowest BCUT2D eigenvalue weighted by Gasteiger charge is -2.09. The normalized spacial score (nSPS) is 12.0. The van der Waals surface area contributed by atoms with Crippen molar-refractivity contribution in [3.8, 4) is 0 Å². The fourth-order valence-corrected chi connectivity index (χ4v) is 3.35. The minimum atomic E-state index is -3.60. The number of rotatable bonds is 19. The van der Waals surface area contributed by atoms with Gasteiger partial charge in [0.25, 0.3) is 0 Å². The largest absolute Gasteiger partial charge is 0.354 e. The van der Waals surface area contributed by atoms with E-state index in [0.29, 0.717) is 6.42 Å². The lowest BCUT2D eigenvalue weighted by atomic mass is 10.1. The third-order valence-electron chi connectivity index (χ3n) is 4.35. The molecule has 0 aromatic carbocycles. The maximum absolute atomic E-state index is 11.6. The number of amides is 1. The van der Waals surface area contributed by atoms with Gasteiger partial charge in [-0.1, -0.05) is 70.4 Å². The molecule has 0 aromatic rings. The highest BCUT2D eigenvalue weighted by molar-refractivity contribution is 8.06. The second kappa shape index (κ2) is 19.1. The van der Waals surface area contributed by atoms with Gasteiger partial charge in [0.05, 0.1) is 6.61 Å². The summed E-state index contributed by atoms with van der Waals surface area (Å²) in [7, 11) is 0. The number of unbranched alkanes of at least 4 members (excludes halogenated alkanes) is 11. The maximum atomic E-state index is 11.6. The fourth-order valence-electron chi connectivity index (χ4n) is 2.80. The van der Waals surface area contributed by atoms with Crippen LogP contribution in [-0.4, -0.2) is 28.8 Å². The van der Waals surface area contributed by atoms with Crippen molar-refractivity contribution >= 4 is 24.4 Å². The molecule has 0 rings (SSSR count). The van der Waals surface area contributed by atoms with Crippen molar-refractivity contribution in [1.82, 2.24) is 5.32 Å². The average molecular weight is 422 g/mol. The van der Waals surface area contributed by atoms with Gasteiger partial charge in [-0.05, 0) is 43.9 Å². The highest BCUT2D eigenvalue weighted by Gasteiger charge is 2.07. The van der Waals surface area contributed by atoms with Gasteiger partial charge in [0, 0.05) is 13.0 Å². The van der Waals surface area contributed by atoms with Crippen LogP contribution >= 0.6 is 6.72 Å². The van der Waals surface area contributed by atoms with Crippen LogP contribution in [0.25, 0.3) is 0 Å². The molecule has 0 aliphatic carbocycles. The van der Waals surface area contributed by atoms with Crippen LogP contribution in [-0.2, 0) is 21.1 Å². The monoisotopic (exact) mass is 421 g/mol. The molecule has 0 fully saturated rings. The smallest absolute Gasteiger partial charge is 0.321 e. The highest BCUT2D eigenvalue weighted by Crippen LogP contribution is 2.35. The van der Waals surface area contributed by atoms with Gasteiger partial charge in [-0.25, -0.2) is 0 Å². The van der Waals surface area contributed by atoms with Gasteiger partial charge < -0.3 is 19.6 Å². The molecular weight excluding hydrogens is 381 g/mol. The van der Waals surface area contributed by atoms with Gasteiger partial charge in [-0.3, -0.25) is 4.79 Å². The van der Waals surface area contributed by atoms with Crippen molar-refractivity contribution in [3.63, 3.8) is 0 Å². The molecule has 160 valence electrons. The van der Waals surface area contributed by atoms with Gasteiger partial charge in [-0.15, -0.1) is 0 Å². The molecule has 7 heteroatoms. The second-order valence-electron chi connectivity index (χ2n) is 7.01. The first-order valence-corrected chi connectivity index (χ1v) is 13.2. The summed E-state index contributed by atoms with van der Waals surface area (Å²) < 4.78 is 4.63. The molecule has 0 unspecified atom stereocenters. The molecule has 5 nitrogen and oxygen atoms in total. The Hall–Kier alpha value is -0.260. The van der Waals surface area contributed by atoms with Crippen LogP contribution in [0, 0.1) is 0 Å². The molecule has 0 spiro atoms. The number of hydrogen-bond acceptors (Lipinski definition) is 3. The zero-order chi connectivity index (χ0) is 20.2. The first-order valence-electron chi connectivity index (χ1n) is 10.6. The molecule has 0 atom stereocenters.